The van der Waals surface area contributed by atoms with Crippen molar-refractivity contribution in [1.82, 2.24) is 71.9 Å². The maximum absolute atomic E-state index is 13.2. The van der Waals surface area contributed by atoms with Crippen molar-refractivity contribution in [2.45, 2.75) is 556 Å². The Labute approximate surface area is 878 Å². The van der Waals surface area contributed by atoms with Crippen LogP contribution < -0.4 is 42.5 Å². The lowest BCUT2D eigenvalue weighted by atomic mass is 10.1. The number of carbonyl (C=O) groups is 8. The molecule has 0 heterocycles. The van der Waals surface area contributed by atoms with Gasteiger partial charge in [-0.25, -0.2) is 0 Å². The van der Waals surface area contributed by atoms with Crippen molar-refractivity contribution in [3.8, 4) is 0 Å². The number of nitrogens with zero attached hydrogens (tertiary/aromatic N) is 6. The molecule has 0 saturated carbocycles. The van der Waals surface area contributed by atoms with Gasteiger partial charge in [0.2, 0.25) is 47.3 Å². The molecule has 0 aliphatic rings. The van der Waals surface area contributed by atoms with E-state index in [0.717, 1.165) is 310 Å². The molecular formula is C120H240N14O8. The zero-order chi connectivity index (χ0) is 103. The van der Waals surface area contributed by atoms with E-state index in [1.54, 1.807) is 0 Å². The van der Waals surface area contributed by atoms with Crippen molar-refractivity contribution < 1.29 is 38.4 Å². The van der Waals surface area contributed by atoms with Gasteiger partial charge in [-0.05, 0) is 259 Å². The van der Waals surface area contributed by atoms with Crippen molar-refractivity contribution in [1.29, 1.82) is 0 Å². The van der Waals surface area contributed by atoms with Crippen LogP contribution in [0.2, 0.25) is 0 Å². The van der Waals surface area contributed by atoms with Gasteiger partial charge in [-0.1, -0.05) is 364 Å². The van der Waals surface area contributed by atoms with E-state index >= 15 is 0 Å². The maximum atomic E-state index is 13.2. The summed E-state index contributed by atoms with van der Waals surface area (Å²) in [5.74, 6) is 1.30. The van der Waals surface area contributed by atoms with Crippen molar-refractivity contribution >= 4 is 47.3 Å². The number of rotatable bonds is 117. The Morgan fingerprint density at radius 3 is 0.317 bits per heavy atom. The van der Waals surface area contributed by atoms with Gasteiger partial charge < -0.3 is 71.9 Å². The largest absolute Gasteiger partial charge is 0.356 e. The minimum atomic E-state index is 0.163. The molecule has 838 valence electrons. The first-order chi connectivity index (χ1) is 69.7. The Morgan fingerprint density at radius 2 is 0.204 bits per heavy atom. The van der Waals surface area contributed by atoms with Gasteiger partial charge in [-0.3, -0.25) is 38.4 Å². The molecule has 0 radical (unpaired) electrons. The summed E-state index contributed by atoms with van der Waals surface area (Å²) in [7, 11) is 0. The van der Waals surface area contributed by atoms with Crippen molar-refractivity contribution in [2.75, 3.05) is 170 Å². The molecule has 8 amide bonds. The molecular weight excluding hydrogens is 1770 g/mol. The van der Waals surface area contributed by atoms with E-state index in [1.165, 1.54) is 257 Å². The molecule has 0 fully saturated rings. The van der Waals surface area contributed by atoms with Crippen LogP contribution in [0.4, 0.5) is 0 Å². The van der Waals surface area contributed by atoms with Gasteiger partial charge in [0.15, 0.2) is 0 Å². The lowest BCUT2D eigenvalue weighted by Gasteiger charge is -2.29. The highest BCUT2D eigenvalue weighted by Gasteiger charge is 2.19. The second-order valence-electron chi connectivity index (χ2n) is 42.8. The fourth-order valence-electron chi connectivity index (χ4n) is 19.6. The van der Waals surface area contributed by atoms with Gasteiger partial charge in [-0.15, -0.1) is 0 Å². The summed E-state index contributed by atoms with van der Waals surface area (Å²) in [6.45, 7) is 39.9. The number of hydrogen-bond acceptors (Lipinski definition) is 14. The Balaban J connectivity index is 7.60. The normalized spacial score (nSPS) is 11.7. The predicted octanol–water partition coefficient (Wildman–Crippen LogP) is 26.3. The average molecular weight is 2010 g/mol. The molecule has 0 saturated heterocycles. The van der Waals surface area contributed by atoms with Crippen LogP contribution in [-0.4, -0.2) is 247 Å². The molecule has 0 aromatic rings. The number of hydrogen-bond donors (Lipinski definition) is 8. The summed E-state index contributed by atoms with van der Waals surface area (Å²) < 4.78 is 0. The monoisotopic (exact) mass is 2010 g/mol. The standard InChI is InChI=1S/C120H240N14O8/c1-9-17-25-33-41-49-57-79-113(135)121-87-67-97-131(98-68-88-122-114(136)80-58-50-42-34-26-18-10-2)109-75-105-129(106-76-110-132(99-69-89-123-115(137)81-59-51-43-35-27-19-11-3)100-70-90-124-116(138)82-60-52-44-36-28-20-12-4)95-65-66-96-130(107-77-111-133(101-71-91-125-117(139)83-61-53-45-37-29-21-13-5)102-72-92-126-118(140)84-62-54-46-38-30-22-14-6)108-78-112-134(103-73-93-127-119(141)85-63-55-47-39-31-23-15-7)104-74-94-128-120(142)86-64-56-48-40-32-24-16-8/h9-112H2,1-8H3,(H,121,135)(H,122,136)(H,123,137)(H,124,138)(H,125,139)(H,126,140)(H,127,141)(H,128,142). The number of amides is 8. The summed E-state index contributed by atoms with van der Waals surface area (Å²) in [5, 5.41) is 26.3. The molecule has 0 rings (SSSR count). The zero-order valence-electron chi connectivity index (χ0n) is 95.5. The Morgan fingerprint density at radius 1 is 0.113 bits per heavy atom. The van der Waals surface area contributed by atoms with Crippen LogP contribution in [0.3, 0.4) is 0 Å². The van der Waals surface area contributed by atoms with Crippen LogP contribution in [-0.2, 0) is 38.4 Å². The SMILES string of the molecule is CCCCCCCCCC(=O)NCCCN(CCCNC(=O)CCCCCCCCC)CCCN(CCCCN(CCCN(CCCNC(=O)CCCCCCCCC)CCCNC(=O)CCCCCCCCC)CCCN(CCCNC(=O)CCCCCCCCC)CCCNC(=O)CCCCCCCCC)CCCN(CCCNC(=O)CCCCCCCCC)CCCNC(=O)CCCCCCCCC. The maximum Gasteiger partial charge on any atom is 0.219 e. The highest BCUT2D eigenvalue weighted by atomic mass is 16.2. The van der Waals surface area contributed by atoms with Gasteiger partial charge in [0, 0.05) is 104 Å². The number of carbonyl (C=O) groups excluding carboxylic acids is 8. The predicted molar refractivity (Wildman–Crippen MR) is 608 cm³/mol. The van der Waals surface area contributed by atoms with Gasteiger partial charge in [0.1, 0.15) is 0 Å². The molecule has 0 unspecified atom stereocenters. The van der Waals surface area contributed by atoms with E-state index in [4.69, 9.17) is 0 Å². The average Bonchev–Trinajstić information content (AvgIpc) is 0.945. The van der Waals surface area contributed by atoms with Gasteiger partial charge in [-0.2, -0.15) is 0 Å². The summed E-state index contributed by atoms with van der Waals surface area (Å²) in [5.41, 5.74) is 0. The van der Waals surface area contributed by atoms with E-state index in [0.29, 0.717) is 104 Å². The van der Waals surface area contributed by atoms with Gasteiger partial charge in [0.25, 0.3) is 0 Å². The molecule has 0 bridgehead atoms. The van der Waals surface area contributed by atoms with Crippen molar-refractivity contribution in [2.24, 2.45) is 0 Å². The van der Waals surface area contributed by atoms with Gasteiger partial charge in [0.05, 0.1) is 0 Å². The molecule has 22 heteroatoms. The summed E-state index contributed by atoms with van der Waals surface area (Å²) in [6, 6.07) is 0. The van der Waals surface area contributed by atoms with Gasteiger partial charge >= 0.3 is 0 Å². The molecule has 22 nitrogen and oxygen atoms in total. The van der Waals surface area contributed by atoms with E-state index in [1.807, 2.05) is 0 Å². The van der Waals surface area contributed by atoms with Crippen LogP contribution in [0.1, 0.15) is 556 Å². The Hall–Kier alpha value is -4.48. The van der Waals surface area contributed by atoms with E-state index in [-0.39, 0.29) is 47.3 Å². The first-order valence-corrected chi connectivity index (χ1v) is 62.1. The third kappa shape index (κ3) is 103. The molecule has 0 aliphatic heterocycles. The molecule has 142 heavy (non-hydrogen) atoms. The molecule has 0 aliphatic carbocycles. The third-order valence-electron chi connectivity index (χ3n) is 28.8. The van der Waals surface area contributed by atoms with Crippen LogP contribution in [0.15, 0.2) is 0 Å². The summed E-state index contributed by atoms with van der Waals surface area (Å²) >= 11 is 0. The van der Waals surface area contributed by atoms with Crippen LogP contribution >= 0.6 is 0 Å². The second kappa shape index (κ2) is 112. The highest BCUT2D eigenvalue weighted by Crippen LogP contribution is 2.19. The van der Waals surface area contributed by atoms with Crippen molar-refractivity contribution in [3.05, 3.63) is 0 Å². The fraction of sp³-hybridized carbons (Fsp3) is 0.933. The number of unbranched alkanes of at least 4 members (excludes halogenated alkanes) is 49. The first kappa shape index (κ1) is 138. The second-order valence-corrected chi connectivity index (χ2v) is 42.8. The molecule has 0 aromatic carbocycles. The minimum absolute atomic E-state index is 0.163. The first-order valence-electron chi connectivity index (χ1n) is 62.1. The van der Waals surface area contributed by atoms with E-state index < -0.39 is 0 Å². The minimum Gasteiger partial charge on any atom is -0.356 e. The molecule has 0 spiro atoms. The van der Waals surface area contributed by atoms with Crippen LogP contribution in [0, 0.1) is 0 Å². The van der Waals surface area contributed by atoms with E-state index in [9.17, 15) is 38.4 Å². The Bertz CT molecular complexity index is 2240. The zero-order valence-corrected chi connectivity index (χ0v) is 95.5. The lowest BCUT2D eigenvalue weighted by Crippen LogP contribution is -2.37. The summed E-state index contributed by atoms with van der Waals surface area (Å²) in [6.07, 6.45) is 84.4. The number of nitrogens with one attached hydrogen (secondary N) is 8. The summed E-state index contributed by atoms with van der Waals surface area (Å²) in [4.78, 5) is 121. The molecule has 0 atom stereocenters. The smallest absolute Gasteiger partial charge is 0.219 e. The molecule has 8 N–H and O–H groups in total. The quantitative estimate of drug-likeness (QED) is 0.0264. The fourth-order valence-corrected chi connectivity index (χ4v) is 19.6. The topological polar surface area (TPSA) is 252 Å². The highest BCUT2D eigenvalue weighted by molar-refractivity contribution is 5.78. The third-order valence-corrected chi connectivity index (χ3v) is 28.8. The lowest BCUT2D eigenvalue weighted by molar-refractivity contribution is -0.122. The molecule has 0 aromatic heterocycles. The Kier molecular flexibility index (Phi) is 109. The van der Waals surface area contributed by atoms with E-state index in [2.05, 4.69) is 127 Å². The van der Waals surface area contributed by atoms with Crippen LogP contribution in [0.25, 0.3) is 0 Å². The van der Waals surface area contributed by atoms with Crippen molar-refractivity contribution in [3.63, 3.8) is 0 Å². The van der Waals surface area contributed by atoms with Crippen LogP contribution in [0.5, 0.6) is 0 Å².